The van der Waals surface area contributed by atoms with Gasteiger partial charge in [-0.3, -0.25) is 4.79 Å². The van der Waals surface area contributed by atoms with Gasteiger partial charge in [0.2, 0.25) is 5.91 Å². The lowest BCUT2D eigenvalue weighted by molar-refractivity contribution is -0.116. The van der Waals surface area contributed by atoms with Crippen molar-refractivity contribution in [1.29, 1.82) is 0 Å². The van der Waals surface area contributed by atoms with Crippen molar-refractivity contribution in [3.63, 3.8) is 0 Å². The van der Waals surface area contributed by atoms with E-state index in [0.717, 1.165) is 42.8 Å². The number of hydrogen-bond donors (Lipinski definition) is 1. The van der Waals surface area contributed by atoms with Crippen LogP contribution in [0.5, 0.6) is 0 Å². The Morgan fingerprint density at radius 3 is 2.78 bits per heavy atom. The van der Waals surface area contributed by atoms with Crippen LogP contribution in [0.15, 0.2) is 28.8 Å². The molecule has 0 atom stereocenters. The summed E-state index contributed by atoms with van der Waals surface area (Å²) in [4.78, 5) is 35.9. The summed E-state index contributed by atoms with van der Waals surface area (Å²) in [5.41, 5.74) is 2.16. The summed E-state index contributed by atoms with van der Waals surface area (Å²) in [6.45, 7) is 5.81. The molecule has 1 amide bonds. The molecule has 3 aromatic rings. The highest BCUT2D eigenvalue weighted by atomic mass is 16.5. The van der Waals surface area contributed by atoms with E-state index in [-0.39, 0.29) is 12.3 Å². The third-order valence-corrected chi connectivity index (χ3v) is 5.42. The molecule has 0 aliphatic carbocycles. The Morgan fingerprint density at radius 2 is 2.00 bits per heavy atom. The predicted octanol–water partition coefficient (Wildman–Crippen LogP) is 3.66. The number of anilines is 2. The number of amides is 1. The molecule has 9 heteroatoms. The maximum Gasteiger partial charge on any atom is 0.338 e. The number of aryl methyl sites for hydroxylation is 2. The van der Waals surface area contributed by atoms with Crippen molar-refractivity contribution < 1.29 is 18.8 Å². The number of hydrogen-bond acceptors (Lipinski definition) is 8. The second kappa shape index (κ2) is 9.76. The minimum absolute atomic E-state index is 0.192. The Balaban J connectivity index is 1.45. The molecular formula is C23H27N5O4. The Kier molecular flexibility index (Phi) is 6.63. The first kappa shape index (κ1) is 21.7. The number of benzene rings is 1. The van der Waals surface area contributed by atoms with E-state index in [4.69, 9.17) is 14.2 Å². The number of esters is 1. The fourth-order valence-corrected chi connectivity index (χ4v) is 3.85. The molecule has 3 heterocycles. The first-order chi connectivity index (χ1) is 15.5. The molecule has 2 aromatic heterocycles. The number of rotatable bonds is 7. The molecule has 1 aliphatic heterocycles. The molecule has 0 radical (unpaired) electrons. The van der Waals surface area contributed by atoms with E-state index in [1.807, 2.05) is 6.92 Å². The molecule has 4 rings (SSSR count). The van der Waals surface area contributed by atoms with Gasteiger partial charge in [0.25, 0.3) is 5.71 Å². The van der Waals surface area contributed by atoms with E-state index in [0.29, 0.717) is 35.8 Å². The summed E-state index contributed by atoms with van der Waals surface area (Å²) < 4.78 is 10.4. The summed E-state index contributed by atoms with van der Waals surface area (Å²) in [6.07, 6.45) is 4.02. The standard InChI is InChI=1S/C23H27N5O4/c1-3-31-23(30)16-8-7-9-17(14-16)24-19(29)11-10-18-25-21(28-12-5-4-6-13-28)20-15(2)27-32-22(20)26-18/h7-9,14H,3-6,10-13H2,1-2H3,(H,24,29). The molecular weight excluding hydrogens is 410 g/mol. The Labute approximate surface area is 186 Å². The van der Waals surface area contributed by atoms with Crippen LogP contribution >= 0.6 is 0 Å². The highest BCUT2D eigenvalue weighted by Crippen LogP contribution is 2.29. The van der Waals surface area contributed by atoms with Gasteiger partial charge in [-0.1, -0.05) is 11.2 Å². The van der Waals surface area contributed by atoms with Gasteiger partial charge in [0, 0.05) is 31.6 Å². The van der Waals surface area contributed by atoms with E-state index in [2.05, 4.69) is 20.4 Å². The van der Waals surface area contributed by atoms with Crippen molar-refractivity contribution in [1.82, 2.24) is 15.1 Å². The zero-order valence-electron chi connectivity index (χ0n) is 18.4. The number of aromatic nitrogens is 3. The predicted molar refractivity (Wildman–Crippen MR) is 120 cm³/mol. The third kappa shape index (κ3) is 4.87. The van der Waals surface area contributed by atoms with Crippen LogP contribution in [0, 0.1) is 6.92 Å². The minimum atomic E-state index is -0.419. The van der Waals surface area contributed by atoms with Crippen LogP contribution in [0.4, 0.5) is 11.5 Å². The molecule has 1 saturated heterocycles. The number of fused-ring (bicyclic) bond motifs is 1. The molecule has 1 fully saturated rings. The normalized spacial score (nSPS) is 13.9. The van der Waals surface area contributed by atoms with Crippen LogP contribution < -0.4 is 10.2 Å². The quantitative estimate of drug-likeness (QED) is 0.558. The summed E-state index contributed by atoms with van der Waals surface area (Å²) >= 11 is 0. The number of nitrogens with one attached hydrogen (secondary N) is 1. The Morgan fingerprint density at radius 1 is 1.19 bits per heavy atom. The van der Waals surface area contributed by atoms with Gasteiger partial charge in [0.15, 0.2) is 0 Å². The molecule has 168 valence electrons. The molecule has 0 bridgehead atoms. The highest BCUT2D eigenvalue weighted by molar-refractivity contribution is 5.94. The van der Waals surface area contributed by atoms with Gasteiger partial charge in [-0.25, -0.2) is 9.78 Å². The number of nitrogens with zero attached hydrogens (tertiary/aromatic N) is 4. The lowest BCUT2D eigenvalue weighted by atomic mass is 10.1. The van der Waals surface area contributed by atoms with E-state index >= 15 is 0 Å². The third-order valence-electron chi connectivity index (χ3n) is 5.42. The van der Waals surface area contributed by atoms with Crippen molar-refractivity contribution >= 4 is 34.5 Å². The average Bonchev–Trinajstić information content (AvgIpc) is 3.19. The first-order valence-corrected chi connectivity index (χ1v) is 11.0. The fourth-order valence-electron chi connectivity index (χ4n) is 3.85. The van der Waals surface area contributed by atoms with Gasteiger partial charge >= 0.3 is 5.97 Å². The zero-order chi connectivity index (χ0) is 22.5. The van der Waals surface area contributed by atoms with E-state index in [1.165, 1.54) is 6.42 Å². The van der Waals surface area contributed by atoms with Crippen LogP contribution in [0.25, 0.3) is 11.1 Å². The first-order valence-electron chi connectivity index (χ1n) is 11.0. The summed E-state index contributed by atoms with van der Waals surface area (Å²) in [5.74, 6) is 0.775. The topological polar surface area (TPSA) is 110 Å². The summed E-state index contributed by atoms with van der Waals surface area (Å²) in [7, 11) is 0. The van der Waals surface area contributed by atoms with Crippen molar-refractivity contribution in [2.24, 2.45) is 0 Å². The maximum absolute atomic E-state index is 12.5. The highest BCUT2D eigenvalue weighted by Gasteiger charge is 2.21. The monoisotopic (exact) mass is 437 g/mol. The number of ether oxygens (including phenoxy) is 1. The largest absolute Gasteiger partial charge is 0.462 e. The molecule has 1 N–H and O–H groups in total. The Hall–Kier alpha value is -3.49. The van der Waals surface area contributed by atoms with E-state index in [9.17, 15) is 9.59 Å². The number of carbonyl (C=O) groups excluding carboxylic acids is 2. The van der Waals surface area contributed by atoms with Gasteiger partial charge < -0.3 is 19.5 Å². The smallest absolute Gasteiger partial charge is 0.338 e. The molecule has 0 spiro atoms. The van der Waals surface area contributed by atoms with Crippen molar-refractivity contribution in [3.05, 3.63) is 41.3 Å². The van der Waals surface area contributed by atoms with Crippen molar-refractivity contribution in [2.75, 3.05) is 29.9 Å². The van der Waals surface area contributed by atoms with Gasteiger partial charge in [0.1, 0.15) is 17.0 Å². The second-order valence-electron chi connectivity index (χ2n) is 7.81. The van der Waals surface area contributed by atoms with Crippen LogP contribution in [0.1, 0.15) is 54.5 Å². The van der Waals surface area contributed by atoms with Crippen LogP contribution in [-0.4, -0.2) is 46.7 Å². The average molecular weight is 438 g/mol. The summed E-state index contributed by atoms with van der Waals surface area (Å²) in [5, 5.41) is 7.72. The number of piperidine rings is 1. The Bertz CT molecular complexity index is 1120. The molecule has 0 saturated carbocycles. The van der Waals surface area contributed by atoms with E-state index < -0.39 is 5.97 Å². The van der Waals surface area contributed by atoms with Crippen LogP contribution in [0.3, 0.4) is 0 Å². The number of carbonyl (C=O) groups is 2. The van der Waals surface area contributed by atoms with Gasteiger partial charge in [-0.15, -0.1) is 0 Å². The van der Waals surface area contributed by atoms with E-state index in [1.54, 1.807) is 31.2 Å². The molecule has 9 nitrogen and oxygen atoms in total. The van der Waals surface area contributed by atoms with Gasteiger partial charge in [-0.05, 0) is 51.3 Å². The zero-order valence-corrected chi connectivity index (χ0v) is 18.4. The van der Waals surface area contributed by atoms with Gasteiger partial charge in [0.05, 0.1) is 17.9 Å². The summed E-state index contributed by atoms with van der Waals surface area (Å²) in [6, 6.07) is 6.69. The van der Waals surface area contributed by atoms with Crippen LogP contribution in [-0.2, 0) is 16.0 Å². The molecule has 1 aromatic carbocycles. The molecule has 1 aliphatic rings. The lowest BCUT2D eigenvalue weighted by Gasteiger charge is -2.28. The van der Waals surface area contributed by atoms with Crippen molar-refractivity contribution in [2.45, 2.75) is 46.0 Å². The fraction of sp³-hybridized carbons (Fsp3) is 0.435. The van der Waals surface area contributed by atoms with Gasteiger partial charge in [-0.2, -0.15) is 4.98 Å². The maximum atomic E-state index is 12.5. The second-order valence-corrected chi connectivity index (χ2v) is 7.81. The molecule has 0 unspecified atom stereocenters. The SMILES string of the molecule is CCOC(=O)c1cccc(NC(=O)CCc2nc(N3CCCCC3)c3c(C)noc3n2)c1. The minimum Gasteiger partial charge on any atom is -0.462 e. The molecule has 32 heavy (non-hydrogen) atoms. The van der Waals surface area contributed by atoms with Crippen molar-refractivity contribution in [3.8, 4) is 0 Å². The lowest BCUT2D eigenvalue weighted by Crippen LogP contribution is -2.30. The van der Waals surface area contributed by atoms with Crippen LogP contribution in [0.2, 0.25) is 0 Å².